The van der Waals surface area contributed by atoms with E-state index in [1.165, 1.54) is 12.1 Å². The van der Waals surface area contributed by atoms with Crippen LogP contribution in [0.25, 0.3) is 0 Å². The zero-order chi connectivity index (χ0) is 16.9. The number of rotatable bonds is 2. The molecule has 0 aromatic heterocycles. The van der Waals surface area contributed by atoms with Gasteiger partial charge in [-0.15, -0.1) is 0 Å². The summed E-state index contributed by atoms with van der Waals surface area (Å²) in [6, 6.07) is 4.74. The predicted molar refractivity (Wildman–Crippen MR) is 83.1 cm³/mol. The number of carbonyl (C=O) groups is 1. The van der Waals surface area contributed by atoms with E-state index in [0.717, 1.165) is 12.1 Å². The summed E-state index contributed by atoms with van der Waals surface area (Å²) in [6.45, 7) is -0.410. The molecule has 2 aromatic carbocycles. The smallest absolute Gasteiger partial charge is 0.256 e. The van der Waals surface area contributed by atoms with Gasteiger partial charge in [0.1, 0.15) is 5.82 Å². The van der Waals surface area contributed by atoms with Crippen LogP contribution in [0.15, 0.2) is 24.3 Å². The molecule has 2 aromatic rings. The predicted octanol–water partition coefficient (Wildman–Crippen LogP) is 1.07. The molecule has 0 fully saturated rings. The van der Waals surface area contributed by atoms with Gasteiger partial charge in [0, 0.05) is 22.4 Å². The van der Waals surface area contributed by atoms with Gasteiger partial charge in [0.25, 0.3) is 5.91 Å². The van der Waals surface area contributed by atoms with Gasteiger partial charge in [-0.25, -0.2) is 4.39 Å². The van der Waals surface area contributed by atoms with Crippen molar-refractivity contribution in [3.8, 4) is 0 Å². The van der Waals surface area contributed by atoms with E-state index in [1.54, 1.807) is 0 Å². The Labute approximate surface area is 135 Å². The number of nitrogens with two attached hydrogens (primary N) is 2. The molecule has 1 aliphatic heterocycles. The number of halogens is 2. The number of hydrogen-bond donors (Lipinski definition) is 5. The van der Waals surface area contributed by atoms with Crippen molar-refractivity contribution in [3.63, 3.8) is 0 Å². The largest absolute Gasteiger partial charge is 0.398 e. The first-order chi connectivity index (χ1) is 10.8. The first-order valence-electron chi connectivity index (χ1n) is 6.62. The maximum atomic E-state index is 13.2. The number of carbonyl (C=O) groups excluding carboxylic acids is 1. The van der Waals surface area contributed by atoms with E-state index in [4.69, 9.17) is 23.1 Å². The van der Waals surface area contributed by atoms with E-state index in [-0.39, 0.29) is 38.7 Å². The molecule has 0 aliphatic carbocycles. The van der Waals surface area contributed by atoms with Crippen LogP contribution < -0.4 is 16.8 Å². The van der Waals surface area contributed by atoms with Crippen LogP contribution in [0.2, 0.25) is 5.02 Å². The van der Waals surface area contributed by atoms with Crippen LogP contribution in [0.5, 0.6) is 0 Å². The Bertz CT molecular complexity index is 843. The lowest BCUT2D eigenvalue weighted by Gasteiger charge is -2.27. The van der Waals surface area contributed by atoms with Crippen molar-refractivity contribution in [2.24, 2.45) is 0 Å². The number of nitrogens with one attached hydrogen (secondary N) is 1. The molecule has 0 saturated heterocycles. The van der Waals surface area contributed by atoms with E-state index >= 15 is 0 Å². The van der Waals surface area contributed by atoms with Gasteiger partial charge in [-0.2, -0.15) is 0 Å². The first kappa shape index (κ1) is 15.5. The average molecular weight is 338 g/mol. The SMILES string of the molecule is Nc1cc(CO)c(N)c2c1C(O)(c1ccc(F)cc1Cl)NC2=O. The molecule has 1 unspecified atom stereocenters. The highest BCUT2D eigenvalue weighted by molar-refractivity contribution is 6.31. The monoisotopic (exact) mass is 337 g/mol. The summed E-state index contributed by atoms with van der Waals surface area (Å²) in [5, 5.41) is 22.6. The summed E-state index contributed by atoms with van der Waals surface area (Å²) in [5.74, 6) is -1.25. The van der Waals surface area contributed by atoms with Crippen LogP contribution in [-0.4, -0.2) is 16.1 Å². The number of nitrogen functional groups attached to an aromatic ring is 2. The third-order valence-electron chi connectivity index (χ3n) is 3.86. The number of aliphatic hydroxyl groups is 2. The highest BCUT2D eigenvalue weighted by Gasteiger charge is 2.47. The van der Waals surface area contributed by atoms with E-state index in [9.17, 15) is 19.4 Å². The maximum Gasteiger partial charge on any atom is 0.256 e. The zero-order valence-corrected chi connectivity index (χ0v) is 12.5. The average Bonchev–Trinajstić information content (AvgIpc) is 2.75. The van der Waals surface area contributed by atoms with Gasteiger partial charge < -0.3 is 27.0 Å². The first-order valence-corrected chi connectivity index (χ1v) is 7.00. The van der Waals surface area contributed by atoms with Gasteiger partial charge >= 0.3 is 0 Å². The molecule has 3 rings (SSSR count). The number of aliphatic hydroxyl groups excluding tert-OH is 1. The van der Waals surface area contributed by atoms with Gasteiger partial charge in [-0.05, 0) is 24.3 Å². The third-order valence-corrected chi connectivity index (χ3v) is 4.17. The minimum absolute atomic E-state index is 0.0170. The number of hydrogen-bond acceptors (Lipinski definition) is 5. The Balaban J connectivity index is 2.31. The third kappa shape index (κ3) is 2.13. The molecule has 1 amide bonds. The molecule has 1 heterocycles. The van der Waals surface area contributed by atoms with Crippen LogP contribution in [-0.2, 0) is 12.3 Å². The van der Waals surface area contributed by atoms with E-state index in [2.05, 4.69) is 5.32 Å². The summed E-state index contributed by atoms with van der Waals surface area (Å²) in [5.41, 5.74) is 10.2. The summed E-state index contributed by atoms with van der Waals surface area (Å²) >= 11 is 6.00. The summed E-state index contributed by atoms with van der Waals surface area (Å²) in [4.78, 5) is 12.3. The summed E-state index contributed by atoms with van der Waals surface area (Å²) in [6.07, 6.45) is 0. The Morgan fingerprint density at radius 2 is 2.00 bits per heavy atom. The quantitative estimate of drug-likeness (QED) is 0.525. The Hall–Kier alpha value is -2.35. The standard InChI is InChI=1S/C15H13ClFN3O3/c16-9-4-7(17)1-2-8(9)15(23)12-10(18)3-6(5-21)13(19)11(12)14(22)20-15/h1-4,21,23H,5,18-19H2,(H,20,22). The van der Waals surface area contributed by atoms with E-state index in [0.29, 0.717) is 0 Å². The molecular weight excluding hydrogens is 325 g/mol. The summed E-state index contributed by atoms with van der Waals surface area (Å²) < 4.78 is 13.2. The molecular formula is C15H13ClFN3O3. The highest BCUT2D eigenvalue weighted by Crippen LogP contribution is 2.44. The van der Waals surface area contributed by atoms with Crippen LogP contribution in [0.3, 0.4) is 0 Å². The number of amides is 1. The second-order valence-electron chi connectivity index (χ2n) is 5.24. The lowest BCUT2D eigenvalue weighted by atomic mass is 9.90. The minimum Gasteiger partial charge on any atom is -0.398 e. The molecule has 0 spiro atoms. The molecule has 1 aliphatic rings. The highest BCUT2D eigenvalue weighted by atomic mass is 35.5. The van der Waals surface area contributed by atoms with Crippen LogP contribution in [0.4, 0.5) is 15.8 Å². The number of benzene rings is 2. The topological polar surface area (TPSA) is 122 Å². The van der Waals surface area contributed by atoms with E-state index in [1.807, 2.05) is 0 Å². The number of fused-ring (bicyclic) bond motifs is 1. The van der Waals surface area contributed by atoms with Crippen molar-refractivity contribution < 1.29 is 19.4 Å². The second kappa shape index (κ2) is 5.09. The van der Waals surface area contributed by atoms with Crippen LogP contribution in [0.1, 0.15) is 27.0 Å². The molecule has 1 atom stereocenters. The lowest BCUT2D eigenvalue weighted by molar-refractivity contribution is 0.0481. The van der Waals surface area contributed by atoms with Crippen molar-refractivity contribution in [1.82, 2.24) is 5.32 Å². The van der Waals surface area contributed by atoms with E-state index < -0.39 is 24.1 Å². The van der Waals surface area contributed by atoms with Crippen molar-refractivity contribution in [3.05, 3.63) is 57.4 Å². The lowest BCUT2D eigenvalue weighted by Crippen LogP contribution is -2.40. The molecule has 7 N–H and O–H groups in total. The van der Waals surface area contributed by atoms with Crippen LogP contribution in [0, 0.1) is 5.82 Å². The van der Waals surface area contributed by atoms with Crippen molar-refractivity contribution in [1.29, 1.82) is 0 Å². The Morgan fingerprint density at radius 1 is 1.30 bits per heavy atom. The molecule has 8 heteroatoms. The van der Waals surface area contributed by atoms with Gasteiger partial charge in [0.15, 0.2) is 5.72 Å². The normalized spacial score (nSPS) is 19.6. The Morgan fingerprint density at radius 3 is 2.61 bits per heavy atom. The van der Waals surface area contributed by atoms with Crippen molar-refractivity contribution in [2.75, 3.05) is 11.5 Å². The molecule has 0 bridgehead atoms. The maximum absolute atomic E-state index is 13.2. The van der Waals surface area contributed by atoms with Gasteiger partial charge in [-0.3, -0.25) is 4.79 Å². The number of anilines is 2. The Kier molecular flexibility index (Phi) is 3.44. The molecule has 23 heavy (non-hydrogen) atoms. The molecule has 6 nitrogen and oxygen atoms in total. The fraction of sp³-hybridized carbons (Fsp3) is 0.133. The second-order valence-corrected chi connectivity index (χ2v) is 5.64. The van der Waals surface area contributed by atoms with Gasteiger partial charge in [0.05, 0.1) is 22.9 Å². The van der Waals surface area contributed by atoms with Crippen molar-refractivity contribution >= 4 is 28.9 Å². The van der Waals surface area contributed by atoms with Crippen molar-refractivity contribution in [2.45, 2.75) is 12.3 Å². The molecule has 0 saturated carbocycles. The molecule has 0 radical (unpaired) electrons. The fourth-order valence-electron chi connectivity index (χ4n) is 2.81. The van der Waals surface area contributed by atoms with Crippen LogP contribution >= 0.6 is 11.6 Å². The molecule has 120 valence electrons. The minimum atomic E-state index is -2.04. The van der Waals surface area contributed by atoms with Gasteiger partial charge in [0.2, 0.25) is 0 Å². The fourth-order valence-corrected chi connectivity index (χ4v) is 3.11. The summed E-state index contributed by atoms with van der Waals surface area (Å²) in [7, 11) is 0. The van der Waals surface area contributed by atoms with Gasteiger partial charge in [-0.1, -0.05) is 11.6 Å². The zero-order valence-electron chi connectivity index (χ0n) is 11.7.